The van der Waals surface area contributed by atoms with Crippen LogP contribution in [0.25, 0.3) is 5.57 Å². The highest BCUT2D eigenvalue weighted by Crippen LogP contribution is 2.40. The van der Waals surface area contributed by atoms with E-state index >= 15 is 0 Å². The van der Waals surface area contributed by atoms with Crippen molar-refractivity contribution in [1.29, 1.82) is 0 Å². The maximum atomic E-state index is 11.5. The van der Waals surface area contributed by atoms with E-state index in [9.17, 15) is 9.90 Å². The van der Waals surface area contributed by atoms with Gasteiger partial charge in [-0.2, -0.15) is 0 Å². The summed E-state index contributed by atoms with van der Waals surface area (Å²) in [4.78, 5) is 15.3. The Labute approximate surface area is 146 Å². The van der Waals surface area contributed by atoms with Gasteiger partial charge in [0.15, 0.2) is 0 Å². The van der Waals surface area contributed by atoms with Crippen LogP contribution in [-0.2, 0) is 12.8 Å². The number of carbonyl (C=O) groups is 1. The van der Waals surface area contributed by atoms with Gasteiger partial charge in [0.05, 0.1) is 5.56 Å². The largest absolute Gasteiger partial charge is 0.478 e. The molecule has 3 nitrogen and oxygen atoms in total. The van der Waals surface area contributed by atoms with E-state index in [1.54, 1.807) is 6.07 Å². The number of benzene rings is 1. The molecule has 0 unspecified atom stereocenters. The Bertz CT molecular complexity index is 824. The average Bonchev–Trinajstić information content (AvgIpc) is 2.98. The highest BCUT2D eigenvalue weighted by molar-refractivity contribution is 7.10. The van der Waals surface area contributed by atoms with Gasteiger partial charge in [0.25, 0.3) is 0 Å². The number of hydrogen-bond acceptors (Lipinski definition) is 3. The van der Waals surface area contributed by atoms with Gasteiger partial charge in [0.2, 0.25) is 0 Å². The highest BCUT2D eigenvalue weighted by atomic mass is 32.1. The fraction of sp³-hybridized carbons (Fsp3) is 0.350. The lowest BCUT2D eigenvalue weighted by molar-refractivity contribution is 0.0697. The van der Waals surface area contributed by atoms with E-state index in [2.05, 4.69) is 23.4 Å². The van der Waals surface area contributed by atoms with E-state index in [1.165, 1.54) is 27.2 Å². The SMILES string of the molecule is CN1CCC(=C2c3cc(C(=O)O)ccc3CCc3sccc32)CC1. The molecule has 1 fully saturated rings. The summed E-state index contributed by atoms with van der Waals surface area (Å²) in [6, 6.07) is 7.89. The number of likely N-dealkylation sites (tertiary alicyclic amines) is 1. The van der Waals surface area contributed by atoms with Crippen molar-refractivity contribution in [2.24, 2.45) is 0 Å². The molecule has 1 aliphatic carbocycles. The second-order valence-corrected chi connectivity index (χ2v) is 7.72. The number of thiophene rings is 1. The topological polar surface area (TPSA) is 40.5 Å². The normalized spacial score (nSPS) is 18.0. The molecule has 0 radical (unpaired) electrons. The van der Waals surface area contributed by atoms with Crippen LogP contribution >= 0.6 is 11.3 Å². The van der Waals surface area contributed by atoms with Gasteiger partial charge < -0.3 is 10.0 Å². The van der Waals surface area contributed by atoms with Crippen LogP contribution in [0.2, 0.25) is 0 Å². The molecule has 1 aromatic heterocycles. The van der Waals surface area contributed by atoms with Crippen molar-refractivity contribution in [3.8, 4) is 0 Å². The molecular formula is C20H21NO2S. The van der Waals surface area contributed by atoms with Gasteiger partial charge in [0, 0.05) is 18.0 Å². The molecule has 24 heavy (non-hydrogen) atoms. The van der Waals surface area contributed by atoms with Crippen LogP contribution in [0.5, 0.6) is 0 Å². The van der Waals surface area contributed by atoms with E-state index in [4.69, 9.17) is 0 Å². The molecular weight excluding hydrogens is 318 g/mol. The van der Waals surface area contributed by atoms with Crippen molar-refractivity contribution in [3.63, 3.8) is 0 Å². The van der Waals surface area contributed by atoms with E-state index in [-0.39, 0.29) is 0 Å². The molecule has 0 spiro atoms. The molecule has 124 valence electrons. The quantitative estimate of drug-likeness (QED) is 0.851. The summed E-state index contributed by atoms with van der Waals surface area (Å²) < 4.78 is 0. The molecule has 0 bridgehead atoms. The minimum Gasteiger partial charge on any atom is -0.478 e. The molecule has 1 saturated heterocycles. The molecule has 0 atom stereocenters. The third-order valence-electron chi connectivity index (χ3n) is 5.21. The van der Waals surface area contributed by atoms with Gasteiger partial charge in [-0.25, -0.2) is 4.79 Å². The first-order chi connectivity index (χ1) is 11.6. The fourth-order valence-corrected chi connectivity index (χ4v) is 4.72. The van der Waals surface area contributed by atoms with Gasteiger partial charge in [-0.05, 0) is 78.6 Å². The number of aryl methyl sites for hydroxylation is 2. The predicted octanol–water partition coefficient (Wildman–Crippen LogP) is 4.07. The number of rotatable bonds is 1. The molecule has 2 heterocycles. The lowest BCUT2D eigenvalue weighted by atomic mass is 9.87. The van der Waals surface area contributed by atoms with Crippen LogP contribution in [-0.4, -0.2) is 36.1 Å². The van der Waals surface area contributed by atoms with E-state index < -0.39 is 5.97 Å². The predicted molar refractivity (Wildman–Crippen MR) is 97.9 cm³/mol. The van der Waals surface area contributed by atoms with Crippen LogP contribution in [0, 0.1) is 0 Å². The molecule has 1 N–H and O–H groups in total. The highest BCUT2D eigenvalue weighted by Gasteiger charge is 2.24. The summed E-state index contributed by atoms with van der Waals surface area (Å²) in [5.41, 5.74) is 6.95. The summed E-state index contributed by atoms with van der Waals surface area (Å²) in [6.07, 6.45) is 4.16. The van der Waals surface area contributed by atoms with Crippen LogP contribution in [0.4, 0.5) is 0 Å². The van der Waals surface area contributed by atoms with Crippen molar-refractivity contribution >= 4 is 22.9 Å². The Morgan fingerprint density at radius 3 is 2.62 bits per heavy atom. The molecule has 1 aromatic carbocycles. The van der Waals surface area contributed by atoms with E-state index in [0.717, 1.165) is 44.3 Å². The van der Waals surface area contributed by atoms with Crippen molar-refractivity contribution < 1.29 is 9.90 Å². The minimum absolute atomic E-state index is 0.387. The molecule has 4 rings (SSSR count). The zero-order valence-corrected chi connectivity index (χ0v) is 14.7. The second-order valence-electron chi connectivity index (χ2n) is 6.72. The Morgan fingerprint density at radius 1 is 1.08 bits per heavy atom. The first kappa shape index (κ1) is 15.6. The Morgan fingerprint density at radius 2 is 1.88 bits per heavy atom. The van der Waals surface area contributed by atoms with Crippen LogP contribution < -0.4 is 0 Å². The number of aromatic carboxylic acids is 1. The van der Waals surface area contributed by atoms with Crippen LogP contribution in [0.15, 0.2) is 35.2 Å². The van der Waals surface area contributed by atoms with E-state index in [1.807, 2.05) is 23.5 Å². The standard InChI is InChI=1S/C20H21NO2S/c1-21-9-6-14(7-10-21)19-16-8-11-24-18(16)5-4-13-2-3-15(20(22)23)12-17(13)19/h2-3,8,11-12H,4-7,9-10H2,1H3,(H,22,23). The first-order valence-electron chi connectivity index (χ1n) is 8.47. The molecule has 0 saturated carbocycles. The average molecular weight is 339 g/mol. The summed E-state index contributed by atoms with van der Waals surface area (Å²) in [5, 5.41) is 11.6. The maximum absolute atomic E-state index is 11.5. The fourth-order valence-electron chi connectivity index (χ4n) is 3.83. The summed E-state index contributed by atoms with van der Waals surface area (Å²) in [7, 11) is 2.17. The number of hydrogen-bond donors (Lipinski definition) is 1. The lowest BCUT2D eigenvalue weighted by Crippen LogP contribution is -2.27. The Kier molecular flexibility index (Phi) is 4.02. The number of carboxylic acids is 1. The Hall–Kier alpha value is -1.91. The molecule has 4 heteroatoms. The zero-order valence-electron chi connectivity index (χ0n) is 13.8. The van der Waals surface area contributed by atoms with Gasteiger partial charge in [0.1, 0.15) is 0 Å². The van der Waals surface area contributed by atoms with Crippen molar-refractivity contribution in [3.05, 3.63) is 62.3 Å². The first-order valence-corrected chi connectivity index (χ1v) is 9.35. The van der Waals surface area contributed by atoms with Crippen LogP contribution in [0.3, 0.4) is 0 Å². The summed E-state index contributed by atoms with van der Waals surface area (Å²) in [6.45, 7) is 2.15. The van der Waals surface area contributed by atoms with Gasteiger partial charge in [-0.15, -0.1) is 11.3 Å². The number of nitrogens with zero attached hydrogens (tertiary/aromatic N) is 1. The zero-order chi connectivity index (χ0) is 16.7. The number of piperidine rings is 1. The second kappa shape index (κ2) is 6.19. The lowest BCUT2D eigenvalue weighted by Gasteiger charge is -2.27. The summed E-state index contributed by atoms with van der Waals surface area (Å²) in [5.74, 6) is -0.847. The number of carboxylic acid groups (broad SMARTS) is 1. The molecule has 0 amide bonds. The van der Waals surface area contributed by atoms with Gasteiger partial charge in [-0.3, -0.25) is 0 Å². The monoisotopic (exact) mass is 339 g/mol. The van der Waals surface area contributed by atoms with Gasteiger partial charge >= 0.3 is 5.97 Å². The van der Waals surface area contributed by atoms with Crippen molar-refractivity contribution in [1.82, 2.24) is 4.90 Å². The summed E-state index contributed by atoms with van der Waals surface area (Å²) >= 11 is 1.83. The molecule has 1 aliphatic heterocycles. The maximum Gasteiger partial charge on any atom is 0.335 e. The molecule has 2 aromatic rings. The molecule has 2 aliphatic rings. The van der Waals surface area contributed by atoms with Crippen molar-refractivity contribution in [2.75, 3.05) is 20.1 Å². The number of fused-ring (bicyclic) bond motifs is 2. The third kappa shape index (κ3) is 2.70. The third-order valence-corrected chi connectivity index (χ3v) is 6.19. The minimum atomic E-state index is -0.847. The smallest absolute Gasteiger partial charge is 0.335 e. The van der Waals surface area contributed by atoms with Crippen molar-refractivity contribution in [2.45, 2.75) is 25.7 Å². The van der Waals surface area contributed by atoms with Crippen LogP contribution in [0.1, 0.15) is 44.8 Å². The van der Waals surface area contributed by atoms with E-state index in [0.29, 0.717) is 5.56 Å². The Balaban J connectivity index is 1.93. The van der Waals surface area contributed by atoms with Gasteiger partial charge in [-0.1, -0.05) is 11.6 Å².